The SMILES string of the molecule is O=C(O)CC(CS(=O)(=O)c1ccc(CCc2cccc(NC3=NCCS3)c2)cc1)c1ccc(F)cc1. The third-order valence-corrected chi connectivity index (χ3v) is 8.65. The summed E-state index contributed by atoms with van der Waals surface area (Å²) in [4.78, 5) is 15.9. The molecule has 6 nitrogen and oxygen atoms in total. The Labute approximate surface area is 214 Å². The van der Waals surface area contributed by atoms with Gasteiger partial charge in [-0.25, -0.2) is 12.8 Å². The summed E-state index contributed by atoms with van der Waals surface area (Å²) in [6, 6.07) is 20.2. The molecular weight excluding hydrogens is 499 g/mol. The summed E-state index contributed by atoms with van der Waals surface area (Å²) in [5.41, 5.74) is 3.65. The molecule has 1 atom stereocenters. The second-order valence-electron chi connectivity index (χ2n) is 8.63. The molecule has 0 amide bonds. The van der Waals surface area contributed by atoms with Gasteiger partial charge in [0, 0.05) is 17.4 Å². The number of carboxylic acid groups (broad SMARTS) is 1. The number of thioether (sulfide) groups is 1. The number of amidine groups is 1. The molecule has 0 aromatic heterocycles. The number of sulfone groups is 1. The van der Waals surface area contributed by atoms with Crippen LogP contribution in [0.5, 0.6) is 0 Å². The van der Waals surface area contributed by atoms with Crippen molar-refractivity contribution in [2.45, 2.75) is 30.1 Å². The zero-order chi connectivity index (χ0) is 25.5. The zero-order valence-electron chi connectivity index (χ0n) is 19.6. The Hall–Kier alpha value is -3.17. The monoisotopic (exact) mass is 526 g/mol. The van der Waals surface area contributed by atoms with Gasteiger partial charge in [0.25, 0.3) is 0 Å². The van der Waals surface area contributed by atoms with Gasteiger partial charge in [0.2, 0.25) is 0 Å². The molecule has 1 heterocycles. The van der Waals surface area contributed by atoms with Crippen LogP contribution in [0.4, 0.5) is 10.1 Å². The average molecular weight is 527 g/mol. The van der Waals surface area contributed by atoms with Gasteiger partial charge in [-0.05, 0) is 65.9 Å². The molecule has 0 bridgehead atoms. The van der Waals surface area contributed by atoms with Crippen LogP contribution in [-0.2, 0) is 27.5 Å². The molecule has 36 heavy (non-hydrogen) atoms. The van der Waals surface area contributed by atoms with E-state index in [0.717, 1.165) is 47.1 Å². The van der Waals surface area contributed by atoms with E-state index in [-0.39, 0.29) is 17.1 Å². The Kier molecular flexibility index (Phi) is 8.43. The third kappa shape index (κ3) is 7.18. The predicted octanol–water partition coefficient (Wildman–Crippen LogP) is 5.16. The quantitative estimate of drug-likeness (QED) is 0.379. The highest BCUT2D eigenvalue weighted by molar-refractivity contribution is 8.14. The number of aliphatic imine (C=N–C) groups is 1. The molecule has 188 valence electrons. The number of aryl methyl sites for hydroxylation is 2. The first-order valence-electron chi connectivity index (χ1n) is 11.6. The van der Waals surface area contributed by atoms with Crippen LogP contribution in [0.1, 0.15) is 29.0 Å². The van der Waals surface area contributed by atoms with Crippen LogP contribution < -0.4 is 5.32 Å². The number of hydrogen-bond acceptors (Lipinski definition) is 6. The minimum absolute atomic E-state index is 0.143. The predicted molar refractivity (Wildman–Crippen MR) is 142 cm³/mol. The summed E-state index contributed by atoms with van der Waals surface area (Å²) >= 11 is 1.71. The lowest BCUT2D eigenvalue weighted by atomic mass is 9.98. The first kappa shape index (κ1) is 25.9. The fourth-order valence-electron chi connectivity index (χ4n) is 4.07. The number of aliphatic carboxylic acids is 1. The van der Waals surface area contributed by atoms with Crippen LogP contribution >= 0.6 is 11.8 Å². The highest BCUT2D eigenvalue weighted by atomic mass is 32.2. The van der Waals surface area contributed by atoms with Gasteiger partial charge in [-0.3, -0.25) is 9.79 Å². The lowest BCUT2D eigenvalue weighted by Gasteiger charge is -2.16. The molecule has 3 aromatic rings. The van der Waals surface area contributed by atoms with Crippen molar-refractivity contribution in [3.8, 4) is 0 Å². The van der Waals surface area contributed by atoms with Gasteiger partial charge in [0.1, 0.15) is 5.82 Å². The maximum Gasteiger partial charge on any atom is 0.303 e. The molecule has 0 aliphatic carbocycles. The number of anilines is 1. The number of rotatable bonds is 10. The molecule has 0 saturated carbocycles. The lowest BCUT2D eigenvalue weighted by molar-refractivity contribution is -0.137. The summed E-state index contributed by atoms with van der Waals surface area (Å²) < 4.78 is 39.4. The number of nitrogens with zero attached hydrogens (tertiary/aromatic N) is 1. The Morgan fingerprint density at radius 3 is 2.42 bits per heavy atom. The minimum atomic E-state index is -3.74. The Morgan fingerprint density at radius 1 is 1.03 bits per heavy atom. The number of benzene rings is 3. The van der Waals surface area contributed by atoms with E-state index in [9.17, 15) is 22.7 Å². The summed E-state index contributed by atoms with van der Waals surface area (Å²) in [6.45, 7) is 0.838. The van der Waals surface area contributed by atoms with Crippen molar-refractivity contribution in [1.82, 2.24) is 0 Å². The molecule has 0 saturated heterocycles. The van der Waals surface area contributed by atoms with Crippen molar-refractivity contribution in [3.05, 3.63) is 95.3 Å². The van der Waals surface area contributed by atoms with Crippen molar-refractivity contribution in [3.63, 3.8) is 0 Å². The van der Waals surface area contributed by atoms with Gasteiger partial charge in [0.05, 0.1) is 23.6 Å². The van der Waals surface area contributed by atoms with Crippen molar-refractivity contribution >= 4 is 38.4 Å². The van der Waals surface area contributed by atoms with Gasteiger partial charge in [-0.15, -0.1) is 0 Å². The maximum atomic E-state index is 13.3. The van der Waals surface area contributed by atoms with E-state index in [0.29, 0.717) is 5.56 Å². The summed E-state index contributed by atoms with van der Waals surface area (Å²) in [6.07, 6.45) is 1.19. The molecule has 1 aliphatic rings. The van der Waals surface area contributed by atoms with Gasteiger partial charge in [-0.1, -0.05) is 48.2 Å². The smallest absolute Gasteiger partial charge is 0.303 e. The molecule has 3 aromatic carbocycles. The lowest BCUT2D eigenvalue weighted by Crippen LogP contribution is -2.18. The molecular formula is C27H27FN2O4S2. The molecule has 9 heteroatoms. The number of halogens is 1. The topological polar surface area (TPSA) is 95.8 Å². The van der Waals surface area contributed by atoms with Crippen molar-refractivity contribution < 1.29 is 22.7 Å². The number of carbonyl (C=O) groups is 1. The molecule has 4 rings (SSSR count). The first-order valence-corrected chi connectivity index (χ1v) is 14.2. The maximum absolute atomic E-state index is 13.3. The molecule has 0 fully saturated rings. The van der Waals surface area contributed by atoms with E-state index in [2.05, 4.69) is 22.4 Å². The normalized spacial score (nSPS) is 14.3. The summed E-state index contributed by atoms with van der Waals surface area (Å²) in [5, 5.41) is 13.5. The van der Waals surface area contributed by atoms with Gasteiger partial charge in [0.15, 0.2) is 15.0 Å². The van der Waals surface area contributed by atoms with E-state index in [1.54, 1.807) is 36.0 Å². The second-order valence-corrected chi connectivity index (χ2v) is 11.8. The fourth-order valence-corrected chi connectivity index (χ4v) is 6.40. The van der Waals surface area contributed by atoms with Crippen molar-refractivity contribution in [1.29, 1.82) is 0 Å². The van der Waals surface area contributed by atoms with Gasteiger partial charge >= 0.3 is 5.97 Å². The highest BCUT2D eigenvalue weighted by Gasteiger charge is 2.25. The molecule has 0 radical (unpaired) electrons. The minimum Gasteiger partial charge on any atom is -0.481 e. The Morgan fingerprint density at radius 2 is 1.75 bits per heavy atom. The Balaban J connectivity index is 1.40. The zero-order valence-corrected chi connectivity index (χ0v) is 21.2. The largest absolute Gasteiger partial charge is 0.481 e. The molecule has 0 spiro atoms. The molecule has 1 unspecified atom stereocenters. The van der Waals surface area contributed by atoms with Crippen molar-refractivity contribution in [2.24, 2.45) is 4.99 Å². The number of carboxylic acids is 1. The fraction of sp³-hybridized carbons (Fsp3) is 0.259. The molecule has 2 N–H and O–H groups in total. The third-order valence-electron chi connectivity index (χ3n) is 5.93. The highest BCUT2D eigenvalue weighted by Crippen LogP contribution is 2.26. The van der Waals surface area contributed by atoms with Gasteiger partial charge < -0.3 is 10.4 Å². The van der Waals surface area contributed by atoms with E-state index in [1.807, 2.05) is 12.1 Å². The van der Waals surface area contributed by atoms with Crippen LogP contribution in [0, 0.1) is 5.82 Å². The van der Waals surface area contributed by atoms with Crippen molar-refractivity contribution in [2.75, 3.05) is 23.4 Å². The van der Waals surface area contributed by atoms with E-state index in [4.69, 9.17) is 0 Å². The number of hydrogen-bond donors (Lipinski definition) is 2. The van der Waals surface area contributed by atoms with Crippen LogP contribution in [0.15, 0.2) is 82.7 Å². The standard InChI is InChI=1S/C27H27FN2O4S2/c28-23-10-8-21(9-11-23)22(17-26(31)32)18-36(33,34)25-12-6-19(7-13-25)4-5-20-2-1-3-24(16-20)30-27-29-14-15-35-27/h1-3,6-13,16,22H,4-5,14-15,17-18H2,(H,29,30)(H,31,32). The van der Waals surface area contributed by atoms with Crippen LogP contribution in [0.25, 0.3) is 0 Å². The second kappa shape index (κ2) is 11.7. The van der Waals surface area contributed by atoms with E-state index < -0.39 is 27.5 Å². The van der Waals surface area contributed by atoms with Crippen LogP contribution in [-0.4, -0.2) is 42.7 Å². The van der Waals surface area contributed by atoms with Gasteiger partial charge in [-0.2, -0.15) is 0 Å². The average Bonchev–Trinajstić information content (AvgIpc) is 3.36. The van der Waals surface area contributed by atoms with Crippen LogP contribution in [0.3, 0.4) is 0 Å². The summed E-state index contributed by atoms with van der Waals surface area (Å²) in [5.74, 6) is -1.71. The summed E-state index contributed by atoms with van der Waals surface area (Å²) in [7, 11) is -3.74. The van der Waals surface area contributed by atoms with Crippen LogP contribution in [0.2, 0.25) is 0 Å². The molecule has 1 aliphatic heterocycles. The number of nitrogens with one attached hydrogen (secondary N) is 1. The Bertz CT molecular complexity index is 1340. The van der Waals surface area contributed by atoms with E-state index in [1.165, 1.54) is 24.3 Å². The van der Waals surface area contributed by atoms with E-state index >= 15 is 0 Å². The first-order chi connectivity index (χ1) is 17.3.